The topological polar surface area (TPSA) is 32.8 Å². The number of piperidine rings is 1. The van der Waals surface area contributed by atoms with Gasteiger partial charge in [0.15, 0.2) is 0 Å². The van der Waals surface area contributed by atoms with Crippen molar-refractivity contribution in [3.05, 3.63) is 35.4 Å². The van der Waals surface area contributed by atoms with Gasteiger partial charge in [-0.25, -0.2) is 0 Å². The molecule has 2 fully saturated rings. The summed E-state index contributed by atoms with van der Waals surface area (Å²) < 4.78 is 45.5. The van der Waals surface area contributed by atoms with Crippen molar-refractivity contribution >= 4 is 5.91 Å². The van der Waals surface area contributed by atoms with E-state index in [-0.39, 0.29) is 5.56 Å². The normalized spacial score (nSPS) is 25.9. The molecule has 24 heavy (non-hydrogen) atoms. The maximum atomic E-state index is 13.2. The molecule has 0 N–H and O–H groups in total. The SMILES string of the molecule is CN1CCC[C@]2(C1)CN(C(=O)c1ccccc1C(F)(F)F)CCO2. The van der Waals surface area contributed by atoms with Gasteiger partial charge in [-0.1, -0.05) is 12.1 Å². The lowest BCUT2D eigenvalue weighted by atomic mass is 9.90. The molecule has 0 aromatic heterocycles. The van der Waals surface area contributed by atoms with E-state index in [1.54, 1.807) is 0 Å². The van der Waals surface area contributed by atoms with Gasteiger partial charge in [0.2, 0.25) is 0 Å². The monoisotopic (exact) mass is 342 g/mol. The van der Waals surface area contributed by atoms with E-state index in [0.717, 1.165) is 25.5 Å². The minimum absolute atomic E-state index is 0.286. The fourth-order valence-electron chi connectivity index (χ4n) is 3.67. The van der Waals surface area contributed by atoms with Gasteiger partial charge in [-0.2, -0.15) is 13.2 Å². The van der Waals surface area contributed by atoms with Gasteiger partial charge in [-0.05, 0) is 38.6 Å². The molecule has 2 saturated heterocycles. The van der Waals surface area contributed by atoms with Crippen LogP contribution in [-0.2, 0) is 10.9 Å². The van der Waals surface area contributed by atoms with Crippen molar-refractivity contribution < 1.29 is 22.7 Å². The first-order chi connectivity index (χ1) is 11.3. The van der Waals surface area contributed by atoms with Crippen molar-refractivity contribution in [1.29, 1.82) is 0 Å². The summed E-state index contributed by atoms with van der Waals surface area (Å²) in [5.41, 5.74) is -1.63. The predicted octanol–water partition coefficient (Wildman–Crippen LogP) is 2.64. The molecule has 0 radical (unpaired) electrons. The van der Waals surface area contributed by atoms with Crippen LogP contribution in [0, 0.1) is 0 Å². The second kappa shape index (κ2) is 6.37. The molecule has 132 valence electrons. The van der Waals surface area contributed by atoms with Gasteiger partial charge in [0.05, 0.1) is 29.9 Å². The molecule has 1 amide bonds. The number of carbonyl (C=O) groups excluding carboxylic acids is 1. The molecule has 4 nitrogen and oxygen atoms in total. The number of rotatable bonds is 1. The zero-order valence-corrected chi connectivity index (χ0v) is 13.6. The van der Waals surface area contributed by atoms with Crippen LogP contribution in [0.4, 0.5) is 13.2 Å². The van der Waals surface area contributed by atoms with Gasteiger partial charge < -0.3 is 14.5 Å². The lowest BCUT2D eigenvalue weighted by Gasteiger charge is -2.47. The van der Waals surface area contributed by atoms with Crippen molar-refractivity contribution in [2.24, 2.45) is 0 Å². The molecule has 1 aromatic carbocycles. The van der Waals surface area contributed by atoms with E-state index in [1.165, 1.54) is 23.1 Å². The molecule has 0 saturated carbocycles. The van der Waals surface area contributed by atoms with Crippen LogP contribution >= 0.6 is 0 Å². The van der Waals surface area contributed by atoms with Gasteiger partial charge >= 0.3 is 6.18 Å². The first-order valence-corrected chi connectivity index (χ1v) is 8.09. The van der Waals surface area contributed by atoms with Crippen LogP contribution in [0.5, 0.6) is 0 Å². The Morgan fingerprint density at radius 2 is 1.96 bits per heavy atom. The molecule has 1 aromatic rings. The van der Waals surface area contributed by atoms with Crippen LogP contribution in [0.2, 0.25) is 0 Å². The van der Waals surface area contributed by atoms with Crippen LogP contribution < -0.4 is 0 Å². The van der Waals surface area contributed by atoms with E-state index in [0.29, 0.717) is 26.2 Å². The maximum Gasteiger partial charge on any atom is 0.417 e. The third-order valence-corrected chi connectivity index (χ3v) is 4.73. The zero-order valence-electron chi connectivity index (χ0n) is 13.6. The summed E-state index contributed by atoms with van der Waals surface area (Å²) in [6.07, 6.45) is -2.76. The fourth-order valence-corrected chi connectivity index (χ4v) is 3.67. The molecule has 2 aliphatic rings. The maximum absolute atomic E-state index is 13.2. The van der Waals surface area contributed by atoms with Crippen molar-refractivity contribution in [2.45, 2.75) is 24.6 Å². The lowest BCUT2D eigenvalue weighted by Crippen LogP contribution is -2.60. The summed E-state index contributed by atoms with van der Waals surface area (Å²) in [7, 11) is 1.99. The fraction of sp³-hybridized carbons (Fsp3) is 0.588. The van der Waals surface area contributed by atoms with Crippen molar-refractivity contribution in [3.63, 3.8) is 0 Å². The number of hydrogen-bond donors (Lipinski definition) is 0. The molecule has 2 heterocycles. The summed E-state index contributed by atoms with van der Waals surface area (Å²) in [5, 5.41) is 0. The lowest BCUT2D eigenvalue weighted by molar-refractivity contribution is -0.138. The Hall–Kier alpha value is -1.60. The third-order valence-electron chi connectivity index (χ3n) is 4.73. The van der Waals surface area contributed by atoms with Gasteiger partial charge in [-0.15, -0.1) is 0 Å². The van der Waals surface area contributed by atoms with E-state index >= 15 is 0 Å². The average molecular weight is 342 g/mol. The number of ether oxygens (including phenoxy) is 1. The van der Waals surface area contributed by atoms with Gasteiger partial charge in [0, 0.05) is 13.1 Å². The van der Waals surface area contributed by atoms with Crippen LogP contribution in [0.25, 0.3) is 0 Å². The van der Waals surface area contributed by atoms with Crippen molar-refractivity contribution in [2.75, 3.05) is 39.8 Å². The molecule has 0 bridgehead atoms. The van der Waals surface area contributed by atoms with Crippen molar-refractivity contribution in [1.82, 2.24) is 9.80 Å². The third kappa shape index (κ3) is 3.42. The Morgan fingerprint density at radius 3 is 2.67 bits per heavy atom. The molecule has 0 unspecified atom stereocenters. The van der Waals surface area contributed by atoms with Crippen molar-refractivity contribution in [3.8, 4) is 0 Å². The number of likely N-dealkylation sites (N-methyl/N-ethyl adjacent to an activating group) is 1. The zero-order chi connectivity index (χ0) is 17.4. The van der Waals surface area contributed by atoms with Gasteiger partial charge in [-0.3, -0.25) is 4.79 Å². The highest BCUT2D eigenvalue weighted by atomic mass is 19.4. The average Bonchev–Trinajstić information content (AvgIpc) is 2.53. The van der Waals surface area contributed by atoms with Crippen LogP contribution in [0.3, 0.4) is 0 Å². The number of hydrogen-bond acceptors (Lipinski definition) is 3. The second-order valence-corrected chi connectivity index (χ2v) is 6.64. The smallest absolute Gasteiger partial charge is 0.370 e. The van der Waals surface area contributed by atoms with E-state index in [2.05, 4.69) is 4.90 Å². The van der Waals surface area contributed by atoms with Gasteiger partial charge in [0.1, 0.15) is 0 Å². The Labute approximate surface area is 139 Å². The summed E-state index contributed by atoms with van der Waals surface area (Å²) in [4.78, 5) is 16.4. The molecule has 0 aliphatic carbocycles. The number of benzene rings is 1. The quantitative estimate of drug-likeness (QED) is 0.787. The highest BCUT2D eigenvalue weighted by Crippen LogP contribution is 2.34. The number of carbonyl (C=O) groups is 1. The molecule has 2 aliphatic heterocycles. The minimum Gasteiger partial charge on any atom is -0.370 e. The van der Waals surface area contributed by atoms with E-state index < -0.39 is 23.2 Å². The number of halogens is 3. The van der Waals surface area contributed by atoms with Crippen LogP contribution in [0.1, 0.15) is 28.8 Å². The highest BCUT2D eigenvalue weighted by Gasteiger charge is 2.42. The summed E-state index contributed by atoms with van der Waals surface area (Å²) >= 11 is 0. The van der Waals surface area contributed by atoms with Crippen LogP contribution in [0.15, 0.2) is 24.3 Å². The molecular formula is C17H21F3N2O2. The van der Waals surface area contributed by atoms with E-state index in [9.17, 15) is 18.0 Å². The first-order valence-electron chi connectivity index (χ1n) is 8.09. The number of amides is 1. The Bertz CT molecular complexity index is 616. The first kappa shape index (κ1) is 17.2. The molecule has 3 rings (SSSR count). The largest absolute Gasteiger partial charge is 0.417 e. The number of morpholine rings is 1. The predicted molar refractivity (Wildman–Crippen MR) is 82.8 cm³/mol. The van der Waals surface area contributed by atoms with Gasteiger partial charge in [0.25, 0.3) is 5.91 Å². The molecular weight excluding hydrogens is 321 g/mol. The highest BCUT2D eigenvalue weighted by molar-refractivity contribution is 5.96. The number of likely N-dealkylation sites (tertiary alicyclic amines) is 1. The Kier molecular flexibility index (Phi) is 4.57. The summed E-state index contributed by atoms with van der Waals surface area (Å²) in [5.74, 6) is -0.571. The van der Waals surface area contributed by atoms with E-state index in [1.807, 2.05) is 7.05 Å². The molecule has 1 spiro atoms. The molecule has 1 atom stereocenters. The molecule has 7 heteroatoms. The minimum atomic E-state index is -4.54. The second-order valence-electron chi connectivity index (χ2n) is 6.64. The Morgan fingerprint density at radius 1 is 1.21 bits per heavy atom. The van der Waals surface area contributed by atoms with E-state index in [4.69, 9.17) is 4.74 Å². The summed E-state index contributed by atoms with van der Waals surface area (Å²) in [6.45, 7) is 2.67. The summed E-state index contributed by atoms with van der Waals surface area (Å²) in [6, 6.07) is 4.97. The standard InChI is InChI=1S/C17H21F3N2O2/c1-21-8-4-7-16(11-21)12-22(9-10-24-16)15(23)13-5-2-3-6-14(13)17(18,19)20/h2-3,5-6H,4,7-12H2,1H3/t16-/m0/s1. The Balaban J connectivity index is 1.83. The number of alkyl halides is 3. The number of nitrogens with zero attached hydrogens (tertiary/aromatic N) is 2. The van der Waals surface area contributed by atoms with Crippen LogP contribution in [-0.4, -0.2) is 61.1 Å².